The van der Waals surface area contributed by atoms with Crippen molar-refractivity contribution in [3.05, 3.63) is 0 Å². The molecular weight excluding hydrogens is 197 g/mol. The molecule has 1 nitrogen and oxygen atoms in total. The van der Waals surface area contributed by atoms with Crippen molar-refractivity contribution in [1.29, 1.82) is 0 Å². The molecule has 0 aromatic rings. The largest absolute Gasteiger partial charge is 0.673 e. The van der Waals surface area contributed by atoms with E-state index in [4.69, 9.17) is 0 Å². The van der Waals surface area contributed by atoms with Crippen molar-refractivity contribution in [1.82, 2.24) is 4.90 Å². The van der Waals surface area contributed by atoms with E-state index in [-0.39, 0.29) is 0 Å². The van der Waals surface area contributed by atoms with Crippen LogP contribution in [0.4, 0.5) is 17.3 Å². The van der Waals surface area contributed by atoms with Gasteiger partial charge in [-0.1, -0.05) is 13.3 Å². The first-order valence-electron chi connectivity index (χ1n) is 5.03. The third-order valence-electron chi connectivity index (χ3n) is 1.99. The molecule has 0 radical (unpaired) electrons. The van der Waals surface area contributed by atoms with Gasteiger partial charge in [-0.05, 0) is 38.9 Å². The summed E-state index contributed by atoms with van der Waals surface area (Å²) in [5.74, 6) is 0. The zero-order chi connectivity index (χ0) is 11.0. The van der Waals surface area contributed by atoms with Gasteiger partial charge in [-0.25, -0.2) is 0 Å². The molecule has 0 spiro atoms. The average molecular weight is 214 g/mol. The molecule has 0 aromatic heterocycles. The Morgan fingerprint density at radius 2 is 1.43 bits per heavy atom. The predicted octanol–water partition coefficient (Wildman–Crippen LogP) is 3.18. The Morgan fingerprint density at radius 1 is 1.00 bits per heavy atom. The molecule has 0 unspecified atom stereocenters. The van der Waals surface area contributed by atoms with E-state index in [1.807, 2.05) is 0 Å². The fourth-order valence-electron chi connectivity index (χ4n) is 1.50. The third kappa shape index (κ3) is 11.7. The number of hydrogen-bond acceptors (Lipinski definition) is 1. The average Bonchev–Trinajstić information content (AvgIpc) is 2.03. The summed E-state index contributed by atoms with van der Waals surface area (Å²) in [6.45, 7) is 6.29. The van der Waals surface area contributed by atoms with Crippen LogP contribution in [0.3, 0.4) is 0 Å². The topological polar surface area (TPSA) is 3.24 Å². The molecule has 1 aliphatic rings. The van der Waals surface area contributed by atoms with Crippen molar-refractivity contribution in [2.45, 2.75) is 32.6 Å². The molecule has 0 amide bonds. The van der Waals surface area contributed by atoms with Crippen LogP contribution < -0.4 is 0 Å². The van der Waals surface area contributed by atoms with Gasteiger partial charge >= 0.3 is 7.25 Å². The summed E-state index contributed by atoms with van der Waals surface area (Å²) in [6.07, 6.45) is 5.64. The van der Waals surface area contributed by atoms with Crippen LogP contribution in [0.5, 0.6) is 0 Å². The van der Waals surface area contributed by atoms with E-state index in [2.05, 4.69) is 11.8 Å². The Kier molecular flexibility index (Phi) is 6.96. The highest BCUT2D eigenvalue weighted by molar-refractivity contribution is 6.50. The standard InChI is InChI=1S/C8H17N.BF4/c1-2-6-9-7-4-3-5-8-9;2-1(3,4)5/h2-8H2,1H3;/q;-1. The summed E-state index contributed by atoms with van der Waals surface area (Å²) in [7, 11) is -6.00. The van der Waals surface area contributed by atoms with Crippen LogP contribution in [0, 0.1) is 0 Å². The summed E-state index contributed by atoms with van der Waals surface area (Å²) in [4.78, 5) is 2.57. The lowest BCUT2D eigenvalue weighted by Gasteiger charge is -2.25. The summed E-state index contributed by atoms with van der Waals surface area (Å²) in [5.41, 5.74) is 0. The van der Waals surface area contributed by atoms with E-state index >= 15 is 0 Å². The second-order valence-corrected chi connectivity index (χ2v) is 3.40. The molecule has 0 saturated carbocycles. The Morgan fingerprint density at radius 3 is 1.79 bits per heavy atom. The van der Waals surface area contributed by atoms with Crippen molar-refractivity contribution >= 4 is 7.25 Å². The maximum atomic E-state index is 9.75. The molecule has 14 heavy (non-hydrogen) atoms. The fourth-order valence-corrected chi connectivity index (χ4v) is 1.50. The van der Waals surface area contributed by atoms with Crippen molar-refractivity contribution in [3.8, 4) is 0 Å². The van der Waals surface area contributed by atoms with E-state index in [9.17, 15) is 17.3 Å². The van der Waals surface area contributed by atoms with Crippen LogP contribution in [0.15, 0.2) is 0 Å². The van der Waals surface area contributed by atoms with Gasteiger partial charge < -0.3 is 22.2 Å². The summed E-state index contributed by atoms with van der Waals surface area (Å²) in [6, 6.07) is 0. The summed E-state index contributed by atoms with van der Waals surface area (Å²) < 4.78 is 39.0. The molecule has 0 aromatic carbocycles. The van der Waals surface area contributed by atoms with Gasteiger partial charge in [0.15, 0.2) is 0 Å². The molecule has 0 aliphatic carbocycles. The summed E-state index contributed by atoms with van der Waals surface area (Å²) in [5, 5.41) is 0. The Labute approximate surface area is 82.6 Å². The highest BCUT2D eigenvalue weighted by Gasteiger charge is 2.20. The Bertz CT molecular complexity index is 125. The SMILES string of the molecule is CCCN1CCCCC1.F[B-](F)(F)F. The van der Waals surface area contributed by atoms with Crippen LogP contribution in [0.2, 0.25) is 0 Å². The minimum absolute atomic E-state index is 1.32. The smallest absolute Gasteiger partial charge is 0.418 e. The van der Waals surface area contributed by atoms with Gasteiger partial charge in [0, 0.05) is 0 Å². The van der Waals surface area contributed by atoms with Gasteiger partial charge in [0.2, 0.25) is 0 Å². The minimum Gasteiger partial charge on any atom is -0.418 e. The quantitative estimate of drug-likeness (QED) is 0.504. The normalized spacial score (nSPS) is 18.6. The van der Waals surface area contributed by atoms with Gasteiger partial charge in [0.1, 0.15) is 0 Å². The monoisotopic (exact) mass is 214 g/mol. The van der Waals surface area contributed by atoms with Crippen LogP contribution in [0.1, 0.15) is 32.6 Å². The molecule has 0 atom stereocenters. The third-order valence-corrected chi connectivity index (χ3v) is 1.99. The van der Waals surface area contributed by atoms with Crippen molar-refractivity contribution in [2.24, 2.45) is 0 Å². The Hall–Kier alpha value is -0.255. The number of piperidine rings is 1. The molecule has 6 heteroatoms. The number of halogens is 4. The molecule has 0 N–H and O–H groups in total. The second kappa shape index (κ2) is 7.09. The van der Waals surface area contributed by atoms with E-state index in [1.54, 1.807) is 0 Å². The fraction of sp³-hybridized carbons (Fsp3) is 1.00. The Balaban J connectivity index is 0.000000292. The first-order valence-corrected chi connectivity index (χ1v) is 5.03. The molecule has 86 valence electrons. The zero-order valence-electron chi connectivity index (χ0n) is 8.49. The molecule has 1 saturated heterocycles. The van der Waals surface area contributed by atoms with Crippen molar-refractivity contribution in [2.75, 3.05) is 19.6 Å². The maximum absolute atomic E-state index is 9.75. The van der Waals surface area contributed by atoms with E-state index in [0.717, 1.165) is 0 Å². The first kappa shape index (κ1) is 13.7. The lowest BCUT2D eigenvalue weighted by molar-refractivity contribution is 0.229. The predicted molar refractivity (Wildman–Crippen MR) is 50.8 cm³/mol. The van der Waals surface area contributed by atoms with Crippen molar-refractivity contribution in [3.63, 3.8) is 0 Å². The second-order valence-electron chi connectivity index (χ2n) is 3.40. The molecule has 1 rings (SSSR count). The highest BCUT2D eigenvalue weighted by atomic mass is 19.5. The highest BCUT2D eigenvalue weighted by Crippen LogP contribution is 2.08. The van der Waals surface area contributed by atoms with Gasteiger partial charge in [-0.2, -0.15) is 0 Å². The first-order chi connectivity index (χ1) is 6.43. The molecule has 1 aliphatic heterocycles. The molecule has 0 bridgehead atoms. The van der Waals surface area contributed by atoms with Crippen LogP contribution in [-0.4, -0.2) is 31.8 Å². The number of rotatable bonds is 2. The van der Waals surface area contributed by atoms with Gasteiger partial charge in [0.25, 0.3) is 0 Å². The maximum Gasteiger partial charge on any atom is 0.673 e. The van der Waals surface area contributed by atoms with Crippen LogP contribution in [0.25, 0.3) is 0 Å². The van der Waals surface area contributed by atoms with Gasteiger partial charge in [-0.15, -0.1) is 0 Å². The summed E-state index contributed by atoms with van der Waals surface area (Å²) >= 11 is 0. The van der Waals surface area contributed by atoms with E-state index in [1.165, 1.54) is 45.3 Å². The van der Waals surface area contributed by atoms with Gasteiger partial charge in [0.05, 0.1) is 0 Å². The number of nitrogens with zero attached hydrogens (tertiary/aromatic N) is 1. The molecule has 1 fully saturated rings. The van der Waals surface area contributed by atoms with Crippen LogP contribution in [-0.2, 0) is 0 Å². The lowest BCUT2D eigenvalue weighted by atomic mass is 10.1. The van der Waals surface area contributed by atoms with E-state index < -0.39 is 7.25 Å². The minimum atomic E-state index is -6.00. The molecular formula is C8H17BF4N-. The molecule has 1 heterocycles. The van der Waals surface area contributed by atoms with Crippen LogP contribution >= 0.6 is 0 Å². The number of hydrogen-bond donors (Lipinski definition) is 0. The lowest BCUT2D eigenvalue weighted by Crippen LogP contribution is -2.30. The van der Waals surface area contributed by atoms with Gasteiger partial charge in [-0.3, -0.25) is 0 Å². The van der Waals surface area contributed by atoms with Crippen molar-refractivity contribution < 1.29 is 17.3 Å². The zero-order valence-corrected chi connectivity index (χ0v) is 8.49. The van der Waals surface area contributed by atoms with E-state index in [0.29, 0.717) is 0 Å². The number of likely N-dealkylation sites (tertiary alicyclic amines) is 1.